The minimum atomic E-state index is -0.735. The summed E-state index contributed by atoms with van der Waals surface area (Å²) in [5, 5.41) is 2.00. The quantitative estimate of drug-likeness (QED) is 0.757. The van der Waals surface area contributed by atoms with Gasteiger partial charge in [-0.15, -0.1) is 0 Å². The van der Waals surface area contributed by atoms with E-state index in [0.717, 1.165) is 12.1 Å². The molecule has 2 rings (SSSR count). The Morgan fingerprint density at radius 2 is 2.07 bits per heavy atom. The van der Waals surface area contributed by atoms with Crippen molar-refractivity contribution >= 4 is 17.7 Å². The van der Waals surface area contributed by atoms with Crippen molar-refractivity contribution in [3.8, 4) is 0 Å². The molecule has 1 saturated heterocycles. The smallest absolute Gasteiger partial charge is 0.407 e. The zero-order chi connectivity index (χ0) is 11.0. The highest BCUT2D eigenvalue weighted by atomic mass is 35.5. The van der Waals surface area contributed by atoms with Crippen molar-refractivity contribution < 1.29 is 18.3 Å². The van der Waals surface area contributed by atoms with Crippen LogP contribution in [-0.4, -0.2) is 12.7 Å². The van der Waals surface area contributed by atoms with E-state index in [0.29, 0.717) is 0 Å². The van der Waals surface area contributed by atoms with E-state index in [4.69, 9.17) is 11.6 Å². The maximum atomic E-state index is 13.4. The van der Waals surface area contributed by atoms with Gasteiger partial charge in [-0.1, -0.05) is 11.6 Å². The summed E-state index contributed by atoms with van der Waals surface area (Å²) in [7, 11) is 0. The van der Waals surface area contributed by atoms with Crippen LogP contribution < -0.4 is 5.32 Å². The van der Waals surface area contributed by atoms with E-state index in [1.807, 2.05) is 0 Å². The monoisotopic (exact) mass is 233 g/mol. The van der Waals surface area contributed by atoms with Gasteiger partial charge in [-0.2, -0.15) is 0 Å². The second-order valence-corrected chi connectivity index (χ2v) is 3.43. The zero-order valence-corrected chi connectivity index (χ0v) is 8.15. The van der Waals surface area contributed by atoms with Crippen molar-refractivity contribution in [1.82, 2.24) is 5.32 Å². The number of nitrogens with one attached hydrogen (secondary N) is 1. The zero-order valence-electron chi connectivity index (χ0n) is 7.39. The number of hydrogen-bond donors (Lipinski definition) is 1. The minimum absolute atomic E-state index is 0.0566. The first-order valence-electron chi connectivity index (χ1n) is 4.16. The first-order valence-corrected chi connectivity index (χ1v) is 4.54. The minimum Gasteiger partial charge on any atom is -0.447 e. The first-order chi connectivity index (χ1) is 7.09. The third-order valence-electron chi connectivity index (χ3n) is 2.10. The van der Waals surface area contributed by atoms with Crippen molar-refractivity contribution in [2.45, 2.75) is 6.04 Å². The fraction of sp³-hybridized carbons (Fsp3) is 0.222. The summed E-state index contributed by atoms with van der Waals surface area (Å²) in [4.78, 5) is 10.7. The van der Waals surface area contributed by atoms with E-state index in [9.17, 15) is 13.6 Å². The molecule has 0 saturated carbocycles. The molecule has 1 heterocycles. The molecule has 1 aliphatic heterocycles. The predicted octanol–water partition coefficient (Wildman–Crippen LogP) is 2.40. The Morgan fingerprint density at radius 1 is 1.40 bits per heavy atom. The van der Waals surface area contributed by atoms with Gasteiger partial charge >= 0.3 is 6.09 Å². The van der Waals surface area contributed by atoms with Crippen molar-refractivity contribution in [3.05, 3.63) is 34.4 Å². The van der Waals surface area contributed by atoms with Crippen LogP contribution in [0.3, 0.4) is 0 Å². The lowest BCUT2D eigenvalue weighted by atomic mass is 10.1. The van der Waals surface area contributed by atoms with Crippen LogP contribution in [0.1, 0.15) is 11.6 Å². The molecule has 80 valence electrons. The number of carbonyl (C=O) groups is 1. The molecular formula is C9H6ClF2NO2. The number of carbonyl (C=O) groups excluding carboxylic acids is 1. The number of benzene rings is 1. The van der Waals surface area contributed by atoms with E-state index in [1.54, 1.807) is 0 Å². The lowest BCUT2D eigenvalue weighted by Gasteiger charge is -2.11. The van der Waals surface area contributed by atoms with Crippen LogP contribution in [0.5, 0.6) is 0 Å². The maximum absolute atomic E-state index is 13.4. The van der Waals surface area contributed by atoms with Gasteiger partial charge in [0.05, 0.1) is 11.1 Å². The molecule has 1 aromatic rings. The molecule has 0 unspecified atom stereocenters. The normalized spacial score (nSPS) is 19.9. The van der Waals surface area contributed by atoms with Gasteiger partial charge in [0.15, 0.2) is 0 Å². The lowest BCUT2D eigenvalue weighted by molar-refractivity contribution is 0.176. The van der Waals surface area contributed by atoms with Gasteiger partial charge in [-0.25, -0.2) is 13.6 Å². The highest BCUT2D eigenvalue weighted by molar-refractivity contribution is 6.31. The summed E-state index contributed by atoms with van der Waals surface area (Å²) >= 11 is 5.60. The molecule has 1 fully saturated rings. The number of alkyl carbamates (subject to hydrolysis) is 1. The molecule has 1 atom stereocenters. The van der Waals surface area contributed by atoms with E-state index in [1.165, 1.54) is 0 Å². The van der Waals surface area contributed by atoms with Crippen molar-refractivity contribution in [2.24, 2.45) is 0 Å². The Morgan fingerprint density at radius 3 is 2.67 bits per heavy atom. The number of hydrogen-bond acceptors (Lipinski definition) is 2. The van der Waals surface area contributed by atoms with E-state index >= 15 is 0 Å². The Bertz CT molecular complexity index is 425. The van der Waals surface area contributed by atoms with Crippen LogP contribution in [0.4, 0.5) is 13.6 Å². The molecule has 0 spiro atoms. The van der Waals surface area contributed by atoms with Crippen molar-refractivity contribution in [3.63, 3.8) is 0 Å². The highest BCUT2D eigenvalue weighted by Crippen LogP contribution is 2.30. The summed E-state index contributed by atoms with van der Waals surface area (Å²) in [5.74, 6) is -1.40. The van der Waals surface area contributed by atoms with Gasteiger partial charge in [0, 0.05) is 5.56 Å². The fourth-order valence-corrected chi connectivity index (χ4v) is 1.69. The molecule has 1 aliphatic rings. The number of ether oxygens (including phenoxy) is 1. The summed E-state index contributed by atoms with van der Waals surface area (Å²) in [6.07, 6.45) is -0.667. The molecule has 3 nitrogen and oxygen atoms in total. The Labute approximate surface area is 89.0 Å². The van der Waals surface area contributed by atoms with Gasteiger partial charge in [0.25, 0.3) is 0 Å². The maximum Gasteiger partial charge on any atom is 0.407 e. The number of halogens is 3. The SMILES string of the molecule is O=C1N[C@@H](c2c(F)ccc(F)c2Cl)CO1. The standard InChI is InChI=1S/C9H6ClF2NO2/c10-8-5(12)2-1-4(11)7(8)6-3-15-9(14)13-6/h1-2,6H,3H2,(H,13,14)/t6-/m1/s1. The van der Waals surface area contributed by atoms with E-state index < -0.39 is 23.8 Å². The topological polar surface area (TPSA) is 38.3 Å². The second kappa shape index (κ2) is 3.66. The van der Waals surface area contributed by atoms with Crippen LogP contribution in [0, 0.1) is 11.6 Å². The molecule has 0 bridgehead atoms. The Kier molecular flexibility index (Phi) is 2.48. The van der Waals surface area contributed by atoms with Gasteiger partial charge in [0.2, 0.25) is 0 Å². The Balaban J connectivity index is 2.43. The molecule has 1 aromatic carbocycles. The van der Waals surface area contributed by atoms with Crippen LogP contribution in [-0.2, 0) is 4.74 Å². The summed E-state index contributed by atoms with van der Waals surface area (Å²) in [6.45, 7) is -0.0566. The average molecular weight is 234 g/mol. The second-order valence-electron chi connectivity index (χ2n) is 3.05. The summed E-state index contributed by atoms with van der Waals surface area (Å²) in [5.41, 5.74) is -0.0810. The van der Waals surface area contributed by atoms with Crippen LogP contribution >= 0.6 is 11.6 Å². The fourth-order valence-electron chi connectivity index (χ4n) is 1.40. The highest BCUT2D eigenvalue weighted by Gasteiger charge is 2.29. The van der Waals surface area contributed by atoms with Gasteiger partial charge in [-0.05, 0) is 12.1 Å². The third-order valence-corrected chi connectivity index (χ3v) is 2.49. The van der Waals surface area contributed by atoms with Crippen molar-refractivity contribution in [1.29, 1.82) is 0 Å². The van der Waals surface area contributed by atoms with E-state index in [2.05, 4.69) is 10.1 Å². The molecule has 0 aromatic heterocycles. The summed E-state index contributed by atoms with van der Waals surface area (Å²) in [6, 6.07) is 1.15. The molecule has 15 heavy (non-hydrogen) atoms. The molecule has 0 radical (unpaired) electrons. The van der Waals surface area contributed by atoms with Crippen molar-refractivity contribution in [2.75, 3.05) is 6.61 Å². The molecule has 0 aliphatic carbocycles. The number of cyclic esters (lactones) is 1. The van der Waals surface area contributed by atoms with Crippen LogP contribution in [0.2, 0.25) is 5.02 Å². The third kappa shape index (κ3) is 1.74. The van der Waals surface area contributed by atoms with Gasteiger partial charge < -0.3 is 10.1 Å². The largest absolute Gasteiger partial charge is 0.447 e. The Hall–Kier alpha value is -1.36. The molecule has 1 N–H and O–H groups in total. The molecule has 1 amide bonds. The van der Waals surface area contributed by atoms with Crippen LogP contribution in [0.25, 0.3) is 0 Å². The molecular weight excluding hydrogens is 228 g/mol. The number of rotatable bonds is 1. The number of amides is 1. The lowest BCUT2D eigenvalue weighted by Crippen LogP contribution is -2.20. The first kappa shape index (κ1) is 10.2. The molecule has 6 heteroatoms. The summed E-state index contributed by atoms with van der Waals surface area (Å²) < 4.78 is 31.0. The van der Waals surface area contributed by atoms with Crippen LogP contribution in [0.15, 0.2) is 12.1 Å². The van der Waals surface area contributed by atoms with Gasteiger partial charge in [-0.3, -0.25) is 0 Å². The average Bonchev–Trinajstić information content (AvgIpc) is 2.59. The van der Waals surface area contributed by atoms with Gasteiger partial charge in [0.1, 0.15) is 18.2 Å². The predicted molar refractivity (Wildman–Crippen MR) is 48.6 cm³/mol. The van der Waals surface area contributed by atoms with E-state index in [-0.39, 0.29) is 17.2 Å².